The molecule has 0 N–H and O–H groups in total. The van der Waals surface area contributed by atoms with Crippen LogP contribution in [-0.4, -0.2) is 5.25 Å². The largest absolute Gasteiger partial charge is 0.126 e. The second-order valence-electron chi connectivity index (χ2n) is 10.1. The molecule has 0 amide bonds. The summed E-state index contributed by atoms with van der Waals surface area (Å²) >= 11 is 2.16. The number of rotatable bonds is 6. The first-order chi connectivity index (χ1) is 15.9. The molecule has 0 bridgehead atoms. The average Bonchev–Trinajstić information content (AvgIpc) is 3.15. The molecular weight excluding hydrogens is 416 g/mol. The van der Waals surface area contributed by atoms with E-state index in [0.29, 0.717) is 23.0 Å². The Hall–Kier alpha value is -1.99. The molecule has 4 atom stereocenters. The molecule has 1 heteroatoms. The van der Waals surface area contributed by atoms with Gasteiger partial charge in [-0.3, -0.25) is 0 Å². The summed E-state index contributed by atoms with van der Waals surface area (Å²) in [6, 6.07) is 0. The molecule has 1 unspecified atom stereocenters. The molecule has 3 aliphatic carbocycles. The normalized spacial score (nSPS) is 31.2. The van der Waals surface area contributed by atoms with Gasteiger partial charge in [0.2, 0.25) is 0 Å². The first-order valence-corrected chi connectivity index (χ1v) is 13.6. The fourth-order valence-corrected chi connectivity index (χ4v) is 7.57. The predicted molar refractivity (Wildman–Crippen MR) is 148 cm³/mol. The number of allylic oxidation sites excluding steroid dienone is 16. The molecule has 0 saturated carbocycles. The van der Waals surface area contributed by atoms with E-state index in [4.69, 9.17) is 0 Å². The Bertz CT molecular complexity index is 1030. The van der Waals surface area contributed by atoms with E-state index in [1.165, 1.54) is 60.0 Å². The predicted octanol–water partition coefficient (Wildman–Crippen LogP) is 9.60. The highest BCUT2D eigenvalue weighted by Gasteiger charge is 2.35. The second-order valence-corrected chi connectivity index (χ2v) is 11.4. The van der Waals surface area contributed by atoms with Crippen molar-refractivity contribution in [2.45, 2.75) is 71.5 Å². The quantitative estimate of drug-likeness (QED) is 0.283. The van der Waals surface area contributed by atoms with E-state index < -0.39 is 0 Å². The molecule has 0 radical (unpaired) electrons. The molecule has 0 aromatic carbocycles. The standard InChI is InChI=1S/C32H40S/c1-7-8-16-27-22(3)29(19-21(2)26-14-10-9-11-15-26)24(5)30(23(27)4)20-32-25(6)28-17-12-13-18-31(28)33-32/h7-8,10,12,14,16-17,19,24-26,32H,1-2,9,11,13,15,18,20H2,3-6H3/b16-8-,29-19-/t24-,25-,26-,32?/m0/s1. The lowest BCUT2D eigenvalue weighted by Gasteiger charge is -2.33. The first kappa shape index (κ1) is 24.1. The lowest BCUT2D eigenvalue weighted by molar-refractivity contribution is 0.605. The van der Waals surface area contributed by atoms with Crippen molar-refractivity contribution in [1.82, 2.24) is 0 Å². The first-order valence-electron chi connectivity index (χ1n) is 12.8. The fraction of sp³-hybridized carbons (Fsp3) is 0.438. The van der Waals surface area contributed by atoms with Crippen molar-refractivity contribution in [3.63, 3.8) is 0 Å². The highest BCUT2D eigenvalue weighted by atomic mass is 32.2. The second kappa shape index (κ2) is 10.5. The van der Waals surface area contributed by atoms with Crippen LogP contribution in [0.15, 0.2) is 106 Å². The zero-order chi connectivity index (χ0) is 23.5. The summed E-state index contributed by atoms with van der Waals surface area (Å²) in [6.07, 6.45) is 25.4. The van der Waals surface area contributed by atoms with Crippen LogP contribution in [0.25, 0.3) is 0 Å². The van der Waals surface area contributed by atoms with Crippen molar-refractivity contribution < 1.29 is 0 Å². The SMILES string of the molecule is C=C/C=C\C1=C(C)C(=C/C(=C)[C@H]2C=CCCC2)/[C@H](C)C(CC2SC3=C(C=CCC3)[C@@H]2C)=C1C. The summed E-state index contributed by atoms with van der Waals surface area (Å²) in [5, 5.41) is 0.638. The van der Waals surface area contributed by atoms with Crippen molar-refractivity contribution in [1.29, 1.82) is 0 Å². The van der Waals surface area contributed by atoms with Gasteiger partial charge in [0.15, 0.2) is 0 Å². The third kappa shape index (κ3) is 4.94. The minimum absolute atomic E-state index is 0.427. The van der Waals surface area contributed by atoms with Crippen molar-refractivity contribution >= 4 is 11.8 Å². The van der Waals surface area contributed by atoms with Crippen LogP contribution in [0, 0.1) is 17.8 Å². The minimum atomic E-state index is 0.427. The van der Waals surface area contributed by atoms with Gasteiger partial charge in [-0.05, 0) is 96.6 Å². The van der Waals surface area contributed by atoms with Gasteiger partial charge in [0.1, 0.15) is 0 Å². The summed E-state index contributed by atoms with van der Waals surface area (Å²) < 4.78 is 0. The minimum Gasteiger partial charge on any atom is -0.126 e. The Labute approximate surface area is 206 Å². The summed E-state index contributed by atoms with van der Waals surface area (Å²) in [7, 11) is 0. The van der Waals surface area contributed by atoms with Gasteiger partial charge in [-0.25, -0.2) is 0 Å². The van der Waals surface area contributed by atoms with Gasteiger partial charge >= 0.3 is 0 Å². The van der Waals surface area contributed by atoms with Crippen molar-refractivity contribution in [2.24, 2.45) is 17.8 Å². The molecule has 1 aliphatic heterocycles. The smallest absolute Gasteiger partial charge is 0.0195 e. The Balaban J connectivity index is 1.67. The molecule has 0 aromatic heterocycles. The van der Waals surface area contributed by atoms with Crippen LogP contribution in [0.1, 0.15) is 66.2 Å². The topological polar surface area (TPSA) is 0 Å². The summed E-state index contributed by atoms with van der Waals surface area (Å²) in [4.78, 5) is 1.64. The van der Waals surface area contributed by atoms with Crippen LogP contribution < -0.4 is 0 Å². The highest BCUT2D eigenvalue weighted by Crippen LogP contribution is 2.51. The van der Waals surface area contributed by atoms with Gasteiger partial charge in [0, 0.05) is 17.1 Å². The van der Waals surface area contributed by atoms with E-state index in [9.17, 15) is 0 Å². The molecule has 1 heterocycles. The lowest BCUT2D eigenvalue weighted by Crippen LogP contribution is -2.20. The van der Waals surface area contributed by atoms with E-state index >= 15 is 0 Å². The van der Waals surface area contributed by atoms with Gasteiger partial charge in [0.25, 0.3) is 0 Å². The summed E-state index contributed by atoms with van der Waals surface area (Å²) in [5.74, 6) is 1.54. The molecular formula is C32H40S. The molecule has 33 heavy (non-hydrogen) atoms. The Morgan fingerprint density at radius 1 is 1.15 bits per heavy atom. The number of hydrogen-bond donors (Lipinski definition) is 0. The maximum Gasteiger partial charge on any atom is 0.0195 e. The van der Waals surface area contributed by atoms with Crippen LogP contribution in [0.2, 0.25) is 0 Å². The third-order valence-corrected chi connectivity index (χ3v) is 9.70. The maximum absolute atomic E-state index is 4.52. The maximum atomic E-state index is 4.52. The molecule has 4 rings (SSSR count). The average molecular weight is 457 g/mol. The van der Waals surface area contributed by atoms with Crippen molar-refractivity contribution in [2.75, 3.05) is 0 Å². The lowest BCUT2D eigenvalue weighted by atomic mass is 9.73. The van der Waals surface area contributed by atoms with Gasteiger partial charge in [-0.2, -0.15) is 0 Å². The monoisotopic (exact) mass is 456 g/mol. The molecule has 4 aliphatic rings. The van der Waals surface area contributed by atoms with Crippen LogP contribution in [0.3, 0.4) is 0 Å². The van der Waals surface area contributed by atoms with Crippen LogP contribution >= 0.6 is 11.8 Å². The van der Waals surface area contributed by atoms with Gasteiger partial charge in [0.05, 0.1) is 0 Å². The Morgan fingerprint density at radius 3 is 2.67 bits per heavy atom. The van der Waals surface area contributed by atoms with E-state index in [-0.39, 0.29) is 0 Å². The molecule has 0 fully saturated rings. The Morgan fingerprint density at radius 2 is 1.97 bits per heavy atom. The molecule has 0 saturated heterocycles. The van der Waals surface area contributed by atoms with Gasteiger partial charge < -0.3 is 0 Å². The third-order valence-electron chi connectivity index (χ3n) is 8.10. The number of hydrogen-bond acceptors (Lipinski definition) is 1. The zero-order valence-electron chi connectivity index (χ0n) is 21.0. The van der Waals surface area contributed by atoms with Gasteiger partial charge in [-0.15, -0.1) is 11.8 Å². The fourth-order valence-electron chi connectivity index (χ4n) is 5.97. The molecule has 0 nitrogen and oxygen atoms in total. The highest BCUT2D eigenvalue weighted by molar-refractivity contribution is 8.04. The van der Waals surface area contributed by atoms with Crippen LogP contribution in [0.5, 0.6) is 0 Å². The summed E-state index contributed by atoms with van der Waals surface area (Å²) in [6.45, 7) is 17.9. The number of thioether (sulfide) groups is 1. The molecule has 0 aromatic rings. The van der Waals surface area contributed by atoms with Crippen molar-refractivity contribution in [3.05, 3.63) is 106 Å². The molecule has 174 valence electrons. The van der Waals surface area contributed by atoms with Crippen LogP contribution in [0.4, 0.5) is 0 Å². The van der Waals surface area contributed by atoms with E-state index in [0.717, 1.165) is 6.42 Å². The zero-order valence-corrected chi connectivity index (χ0v) is 21.8. The van der Waals surface area contributed by atoms with Crippen LogP contribution in [-0.2, 0) is 0 Å². The van der Waals surface area contributed by atoms with E-state index in [1.807, 2.05) is 6.08 Å². The van der Waals surface area contributed by atoms with Crippen molar-refractivity contribution in [3.8, 4) is 0 Å². The van der Waals surface area contributed by atoms with Gasteiger partial charge in [-0.1, -0.05) is 81.2 Å². The summed E-state index contributed by atoms with van der Waals surface area (Å²) in [5.41, 5.74) is 10.2. The van der Waals surface area contributed by atoms with E-state index in [1.54, 1.807) is 16.1 Å². The Kier molecular flexibility index (Phi) is 7.69. The van der Waals surface area contributed by atoms with E-state index in [2.05, 4.69) is 95.1 Å². The molecule has 0 spiro atoms.